The van der Waals surface area contributed by atoms with Crippen molar-refractivity contribution in [3.8, 4) is 0 Å². The van der Waals surface area contributed by atoms with Gasteiger partial charge in [0.2, 0.25) is 5.91 Å². The summed E-state index contributed by atoms with van der Waals surface area (Å²) in [6, 6.07) is 20.7. The fourth-order valence-corrected chi connectivity index (χ4v) is 4.19. The zero-order valence-electron chi connectivity index (χ0n) is 16.4. The van der Waals surface area contributed by atoms with Gasteiger partial charge in [0.25, 0.3) is 0 Å². The Kier molecular flexibility index (Phi) is 5.56. The molecule has 0 N–H and O–H groups in total. The number of carbonyl (C=O) groups excluding carboxylic acids is 1. The first-order chi connectivity index (χ1) is 13.7. The third-order valence-corrected chi connectivity index (χ3v) is 5.79. The van der Waals surface area contributed by atoms with Crippen LogP contribution in [-0.2, 0) is 17.8 Å². The van der Waals surface area contributed by atoms with Gasteiger partial charge in [-0.2, -0.15) is 0 Å². The molecular weight excluding hydrogens is 346 g/mol. The molecule has 0 saturated heterocycles. The van der Waals surface area contributed by atoms with Gasteiger partial charge < -0.3 is 9.47 Å². The van der Waals surface area contributed by atoms with Crippen molar-refractivity contribution in [1.29, 1.82) is 0 Å². The van der Waals surface area contributed by atoms with Gasteiger partial charge in [0.05, 0.1) is 0 Å². The molecule has 2 aromatic carbocycles. The maximum absolute atomic E-state index is 13.1. The van der Waals surface area contributed by atoms with Gasteiger partial charge >= 0.3 is 0 Å². The highest BCUT2D eigenvalue weighted by Crippen LogP contribution is 2.29. The number of hydrogen-bond donors (Lipinski definition) is 0. The third kappa shape index (κ3) is 4.16. The van der Waals surface area contributed by atoms with Crippen LogP contribution in [0.25, 0.3) is 0 Å². The summed E-state index contributed by atoms with van der Waals surface area (Å²) in [7, 11) is 1.94. The number of benzene rings is 2. The Labute approximate surface area is 166 Å². The largest absolute Gasteiger partial charge is 0.345 e. The Balaban J connectivity index is 1.44. The molecule has 144 valence electrons. The fraction of sp³-hybridized carbons (Fsp3) is 0.333. The number of fused-ring (bicyclic) bond motifs is 1. The normalized spacial score (nSPS) is 16.0. The lowest BCUT2D eigenvalue weighted by atomic mass is 9.88. The second-order valence-electron chi connectivity index (χ2n) is 7.75. The lowest BCUT2D eigenvalue weighted by Crippen LogP contribution is -2.35. The van der Waals surface area contributed by atoms with E-state index in [9.17, 15) is 4.79 Å². The molecule has 0 bridgehead atoms. The summed E-state index contributed by atoms with van der Waals surface area (Å²) < 4.78 is 2.22. The van der Waals surface area contributed by atoms with Crippen LogP contribution in [0.2, 0.25) is 0 Å². The molecule has 1 aromatic heterocycles. The zero-order valence-corrected chi connectivity index (χ0v) is 16.4. The van der Waals surface area contributed by atoms with Crippen LogP contribution in [0.3, 0.4) is 0 Å². The van der Waals surface area contributed by atoms with Gasteiger partial charge in [-0.15, -0.1) is 0 Å². The molecule has 2 heterocycles. The topological polar surface area (TPSA) is 38.1 Å². The number of carbonyl (C=O) groups is 1. The zero-order chi connectivity index (χ0) is 19.3. The minimum absolute atomic E-state index is 0.0857. The quantitative estimate of drug-likeness (QED) is 0.652. The van der Waals surface area contributed by atoms with E-state index in [1.807, 2.05) is 60.7 Å². The molecule has 1 amide bonds. The van der Waals surface area contributed by atoms with E-state index in [2.05, 4.69) is 33.8 Å². The van der Waals surface area contributed by atoms with Gasteiger partial charge in [-0.3, -0.25) is 4.79 Å². The van der Waals surface area contributed by atoms with Crippen LogP contribution >= 0.6 is 0 Å². The molecule has 0 fully saturated rings. The fourth-order valence-electron chi connectivity index (χ4n) is 4.19. The Bertz CT molecular complexity index is 864. The van der Waals surface area contributed by atoms with Crippen molar-refractivity contribution in [2.24, 2.45) is 5.92 Å². The summed E-state index contributed by atoms with van der Waals surface area (Å²) in [4.78, 5) is 19.4. The molecule has 1 aliphatic heterocycles. The Morgan fingerprint density at radius 2 is 1.75 bits per heavy atom. The van der Waals surface area contributed by atoms with Crippen molar-refractivity contribution < 1.29 is 4.79 Å². The highest BCUT2D eigenvalue weighted by molar-refractivity contribution is 5.77. The average Bonchev–Trinajstić information content (AvgIpc) is 3.21. The molecule has 0 aliphatic carbocycles. The molecule has 0 spiro atoms. The number of imidazole rings is 1. The predicted octanol–water partition coefficient (Wildman–Crippen LogP) is 4.13. The first-order valence-electron chi connectivity index (χ1n) is 10.0. The van der Waals surface area contributed by atoms with E-state index in [-0.39, 0.29) is 11.8 Å². The van der Waals surface area contributed by atoms with Crippen molar-refractivity contribution in [3.05, 3.63) is 90.0 Å². The van der Waals surface area contributed by atoms with Crippen molar-refractivity contribution in [3.63, 3.8) is 0 Å². The summed E-state index contributed by atoms with van der Waals surface area (Å²) in [5.41, 5.74) is 2.38. The van der Waals surface area contributed by atoms with Gasteiger partial charge in [0.15, 0.2) is 0 Å². The molecule has 1 aliphatic rings. The number of hydrogen-bond acceptors (Lipinski definition) is 2. The highest BCUT2D eigenvalue weighted by Gasteiger charge is 2.24. The van der Waals surface area contributed by atoms with Gasteiger partial charge in [-0.05, 0) is 23.5 Å². The predicted molar refractivity (Wildman–Crippen MR) is 111 cm³/mol. The summed E-state index contributed by atoms with van der Waals surface area (Å²) in [5, 5.41) is 0. The maximum atomic E-state index is 13.1. The van der Waals surface area contributed by atoms with E-state index in [1.54, 1.807) is 0 Å². The second-order valence-corrected chi connectivity index (χ2v) is 7.75. The molecule has 4 rings (SSSR count). The Morgan fingerprint density at radius 3 is 2.39 bits per heavy atom. The van der Waals surface area contributed by atoms with Gasteiger partial charge in [0, 0.05) is 51.3 Å². The second kappa shape index (κ2) is 8.42. The van der Waals surface area contributed by atoms with E-state index >= 15 is 0 Å². The number of nitrogens with zero attached hydrogens (tertiary/aromatic N) is 3. The van der Waals surface area contributed by atoms with Crippen molar-refractivity contribution in [2.75, 3.05) is 13.6 Å². The van der Waals surface area contributed by atoms with E-state index in [0.29, 0.717) is 12.3 Å². The number of amides is 1. The van der Waals surface area contributed by atoms with Crippen molar-refractivity contribution in [1.82, 2.24) is 14.5 Å². The van der Waals surface area contributed by atoms with E-state index in [0.717, 1.165) is 31.8 Å². The molecule has 28 heavy (non-hydrogen) atoms. The lowest BCUT2D eigenvalue weighted by molar-refractivity contribution is -0.130. The minimum Gasteiger partial charge on any atom is -0.345 e. The molecule has 4 heteroatoms. The van der Waals surface area contributed by atoms with Gasteiger partial charge in [-0.1, -0.05) is 60.7 Å². The standard InChI is InChI=1S/C24H27N3O/c1-26(18-19-12-14-27-15-13-25-23(27)16-19)24(28)17-22(20-8-4-2-5-9-20)21-10-6-3-7-11-21/h2-11,13,15,19,22H,12,14,16-18H2,1H3. The number of aromatic nitrogens is 2. The molecular formula is C24H27N3O. The summed E-state index contributed by atoms with van der Waals surface area (Å²) in [6.45, 7) is 1.79. The van der Waals surface area contributed by atoms with E-state index in [4.69, 9.17) is 0 Å². The van der Waals surface area contributed by atoms with Crippen LogP contribution in [0.4, 0.5) is 0 Å². The van der Waals surface area contributed by atoms with Crippen molar-refractivity contribution in [2.45, 2.75) is 31.7 Å². The highest BCUT2D eigenvalue weighted by atomic mass is 16.2. The van der Waals surface area contributed by atoms with E-state index < -0.39 is 0 Å². The summed E-state index contributed by atoms with van der Waals surface area (Å²) >= 11 is 0. The minimum atomic E-state index is 0.0857. The monoisotopic (exact) mass is 373 g/mol. The van der Waals surface area contributed by atoms with Gasteiger partial charge in [-0.25, -0.2) is 4.98 Å². The maximum Gasteiger partial charge on any atom is 0.223 e. The van der Waals surface area contributed by atoms with Crippen LogP contribution in [0, 0.1) is 5.92 Å². The molecule has 3 aromatic rings. The summed E-state index contributed by atoms with van der Waals surface area (Å²) in [6.07, 6.45) is 6.46. The van der Waals surface area contributed by atoms with Crippen LogP contribution in [0.1, 0.15) is 35.7 Å². The molecule has 0 saturated carbocycles. The van der Waals surface area contributed by atoms with Gasteiger partial charge in [0.1, 0.15) is 5.82 Å². The number of rotatable bonds is 6. The SMILES string of the molecule is CN(CC1CCn2ccnc2C1)C(=O)CC(c1ccccc1)c1ccccc1. The van der Waals surface area contributed by atoms with Crippen LogP contribution in [-0.4, -0.2) is 34.0 Å². The van der Waals surface area contributed by atoms with Crippen molar-refractivity contribution >= 4 is 5.91 Å². The first kappa shape index (κ1) is 18.5. The molecule has 0 radical (unpaired) electrons. The number of aryl methyl sites for hydroxylation is 1. The Hall–Kier alpha value is -2.88. The molecule has 1 atom stereocenters. The average molecular weight is 374 g/mol. The molecule has 1 unspecified atom stereocenters. The molecule has 4 nitrogen and oxygen atoms in total. The third-order valence-electron chi connectivity index (χ3n) is 5.79. The lowest BCUT2D eigenvalue weighted by Gasteiger charge is -2.29. The van der Waals surface area contributed by atoms with Crippen LogP contribution in [0.15, 0.2) is 73.1 Å². The smallest absolute Gasteiger partial charge is 0.223 e. The first-order valence-corrected chi connectivity index (χ1v) is 10.0. The van der Waals surface area contributed by atoms with Crippen LogP contribution < -0.4 is 0 Å². The van der Waals surface area contributed by atoms with E-state index in [1.165, 1.54) is 11.1 Å². The Morgan fingerprint density at radius 1 is 1.11 bits per heavy atom. The summed E-state index contributed by atoms with van der Waals surface area (Å²) in [5.74, 6) is 1.91. The van der Waals surface area contributed by atoms with Crippen LogP contribution in [0.5, 0.6) is 0 Å².